The highest BCUT2D eigenvalue weighted by Gasteiger charge is 2.23. The average molecular weight is 315 g/mol. The maximum atomic E-state index is 10.8. The van der Waals surface area contributed by atoms with E-state index in [-0.39, 0.29) is 12.2 Å². The predicted molar refractivity (Wildman–Crippen MR) is 70.7 cm³/mol. The van der Waals surface area contributed by atoms with Gasteiger partial charge in [-0.25, -0.2) is 4.79 Å². The Morgan fingerprint density at radius 1 is 1.61 bits per heavy atom. The number of ether oxygens (including phenoxy) is 2. The van der Waals surface area contributed by atoms with Crippen LogP contribution >= 0.6 is 15.9 Å². The highest BCUT2D eigenvalue weighted by Crippen LogP contribution is 2.26. The van der Waals surface area contributed by atoms with Gasteiger partial charge in [0.1, 0.15) is 12.4 Å². The van der Waals surface area contributed by atoms with Gasteiger partial charge in [0.25, 0.3) is 0 Å². The van der Waals surface area contributed by atoms with Crippen molar-refractivity contribution in [3.8, 4) is 5.75 Å². The van der Waals surface area contributed by atoms with Gasteiger partial charge in [0, 0.05) is 6.54 Å². The van der Waals surface area contributed by atoms with E-state index >= 15 is 0 Å². The molecule has 1 aliphatic heterocycles. The number of rotatable bonds is 5. The van der Waals surface area contributed by atoms with Crippen LogP contribution in [0.1, 0.15) is 5.56 Å². The first-order chi connectivity index (χ1) is 8.69. The SMILES string of the molecule is CNCc1ccc(OCC2CNC(=O)O2)c(Br)c1. The fourth-order valence-corrected chi connectivity index (χ4v) is 2.22. The Bertz CT molecular complexity index is 439. The molecule has 1 saturated heterocycles. The summed E-state index contributed by atoms with van der Waals surface area (Å²) in [5, 5.41) is 5.67. The van der Waals surface area contributed by atoms with Gasteiger partial charge in [-0.1, -0.05) is 6.07 Å². The van der Waals surface area contributed by atoms with E-state index in [1.165, 1.54) is 5.56 Å². The summed E-state index contributed by atoms with van der Waals surface area (Å²) in [6.45, 7) is 1.65. The molecule has 0 saturated carbocycles. The fraction of sp³-hybridized carbons (Fsp3) is 0.417. The lowest BCUT2D eigenvalue weighted by Crippen LogP contribution is -2.22. The predicted octanol–water partition coefficient (Wildman–Crippen LogP) is 1.66. The minimum absolute atomic E-state index is 0.221. The Labute approximate surface area is 114 Å². The maximum Gasteiger partial charge on any atom is 0.407 e. The van der Waals surface area contributed by atoms with Crippen molar-refractivity contribution in [3.05, 3.63) is 28.2 Å². The van der Waals surface area contributed by atoms with E-state index in [2.05, 4.69) is 26.6 Å². The highest BCUT2D eigenvalue weighted by atomic mass is 79.9. The van der Waals surface area contributed by atoms with E-state index in [0.29, 0.717) is 13.2 Å². The monoisotopic (exact) mass is 314 g/mol. The largest absolute Gasteiger partial charge is 0.488 e. The van der Waals surface area contributed by atoms with Gasteiger partial charge < -0.3 is 20.1 Å². The third-order valence-corrected chi connectivity index (χ3v) is 3.17. The van der Waals surface area contributed by atoms with Gasteiger partial charge in [0.2, 0.25) is 0 Å². The number of benzene rings is 1. The molecular formula is C12H15BrN2O3. The van der Waals surface area contributed by atoms with E-state index in [1.807, 2.05) is 25.2 Å². The lowest BCUT2D eigenvalue weighted by atomic mass is 10.2. The summed E-state index contributed by atoms with van der Waals surface area (Å²) in [7, 11) is 1.90. The normalized spacial score (nSPS) is 18.3. The standard InChI is InChI=1S/C12H15BrN2O3/c1-14-5-8-2-3-11(10(13)4-8)17-7-9-6-15-12(16)18-9/h2-4,9,14H,5-7H2,1H3,(H,15,16). The molecule has 0 spiro atoms. The minimum atomic E-state index is -0.382. The van der Waals surface area contributed by atoms with Crippen LogP contribution in [0.5, 0.6) is 5.75 Å². The Kier molecular flexibility index (Phi) is 4.43. The van der Waals surface area contributed by atoms with Crippen LogP contribution < -0.4 is 15.4 Å². The molecule has 0 aliphatic carbocycles. The first kappa shape index (κ1) is 13.2. The van der Waals surface area contributed by atoms with Gasteiger partial charge >= 0.3 is 6.09 Å². The molecule has 1 aromatic carbocycles. The van der Waals surface area contributed by atoms with E-state index in [4.69, 9.17) is 9.47 Å². The smallest absolute Gasteiger partial charge is 0.407 e. The summed E-state index contributed by atoms with van der Waals surface area (Å²) in [6, 6.07) is 5.90. The van der Waals surface area contributed by atoms with Crippen molar-refractivity contribution in [2.45, 2.75) is 12.6 Å². The van der Waals surface area contributed by atoms with Crippen molar-refractivity contribution in [3.63, 3.8) is 0 Å². The number of halogens is 1. The van der Waals surface area contributed by atoms with Crippen molar-refractivity contribution in [2.24, 2.45) is 0 Å². The van der Waals surface area contributed by atoms with Crippen molar-refractivity contribution >= 4 is 22.0 Å². The molecular weight excluding hydrogens is 300 g/mol. The lowest BCUT2D eigenvalue weighted by molar-refractivity contribution is 0.104. The van der Waals surface area contributed by atoms with Crippen LogP contribution in [0.25, 0.3) is 0 Å². The Morgan fingerprint density at radius 3 is 3.06 bits per heavy atom. The van der Waals surface area contributed by atoms with Gasteiger partial charge in [0.05, 0.1) is 11.0 Å². The molecule has 2 rings (SSSR count). The van der Waals surface area contributed by atoms with Crippen LogP contribution in [-0.4, -0.2) is 32.4 Å². The molecule has 1 aliphatic rings. The molecule has 18 heavy (non-hydrogen) atoms. The zero-order valence-electron chi connectivity index (χ0n) is 10.0. The number of hydrogen-bond donors (Lipinski definition) is 2. The zero-order valence-corrected chi connectivity index (χ0v) is 11.6. The van der Waals surface area contributed by atoms with Crippen LogP contribution in [0.4, 0.5) is 4.79 Å². The molecule has 0 radical (unpaired) electrons. The van der Waals surface area contributed by atoms with E-state index in [1.54, 1.807) is 0 Å². The zero-order chi connectivity index (χ0) is 13.0. The van der Waals surface area contributed by atoms with Crippen LogP contribution in [0.15, 0.2) is 22.7 Å². The maximum absolute atomic E-state index is 10.8. The van der Waals surface area contributed by atoms with E-state index in [0.717, 1.165) is 16.8 Å². The molecule has 5 nitrogen and oxygen atoms in total. The first-order valence-electron chi connectivity index (χ1n) is 5.69. The van der Waals surface area contributed by atoms with Crippen LogP contribution in [0.3, 0.4) is 0 Å². The van der Waals surface area contributed by atoms with Gasteiger partial charge in [0.15, 0.2) is 6.10 Å². The average Bonchev–Trinajstić information content (AvgIpc) is 2.74. The van der Waals surface area contributed by atoms with Crippen molar-refractivity contribution in [2.75, 3.05) is 20.2 Å². The second-order valence-corrected chi connectivity index (χ2v) is 4.87. The first-order valence-corrected chi connectivity index (χ1v) is 6.48. The van der Waals surface area contributed by atoms with Gasteiger partial charge in [-0.3, -0.25) is 0 Å². The van der Waals surface area contributed by atoms with Gasteiger partial charge in [-0.15, -0.1) is 0 Å². The molecule has 1 fully saturated rings. The summed E-state index contributed by atoms with van der Waals surface area (Å²) in [5.74, 6) is 0.748. The molecule has 1 unspecified atom stereocenters. The minimum Gasteiger partial charge on any atom is -0.488 e. The second-order valence-electron chi connectivity index (χ2n) is 4.01. The third-order valence-electron chi connectivity index (χ3n) is 2.55. The number of carbonyl (C=O) groups excluding carboxylic acids is 1. The molecule has 0 bridgehead atoms. The van der Waals surface area contributed by atoms with Crippen LogP contribution in [0, 0.1) is 0 Å². The topological polar surface area (TPSA) is 59.6 Å². The van der Waals surface area contributed by atoms with Gasteiger partial charge in [-0.05, 0) is 40.7 Å². The van der Waals surface area contributed by atoms with Crippen LogP contribution in [0.2, 0.25) is 0 Å². The lowest BCUT2D eigenvalue weighted by Gasteiger charge is -2.12. The quantitative estimate of drug-likeness (QED) is 0.867. The molecule has 98 valence electrons. The van der Waals surface area contributed by atoms with Crippen molar-refractivity contribution in [1.82, 2.24) is 10.6 Å². The van der Waals surface area contributed by atoms with Gasteiger partial charge in [-0.2, -0.15) is 0 Å². The Balaban J connectivity index is 1.91. The third kappa shape index (κ3) is 3.36. The molecule has 0 aromatic heterocycles. The Morgan fingerprint density at radius 2 is 2.44 bits per heavy atom. The number of nitrogens with one attached hydrogen (secondary N) is 2. The number of alkyl carbamates (subject to hydrolysis) is 1. The summed E-state index contributed by atoms with van der Waals surface area (Å²) in [4.78, 5) is 10.8. The van der Waals surface area contributed by atoms with Crippen LogP contribution in [-0.2, 0) is 11.3 Å². The molecule has 1 amide bonds. The molecule has 1 heterocycles. The molecule has 1 aromatic rings. The number of amides is 1. The fourth-order valence-electron chi connectivity index (χ4n) is 1.68. The number of cyclic esters (lactones) is 1. The molecule has 6 heteroatoms. The summed E-state index contributed by atoms with van der Waals surface area (Å²) in [5.41, 5.74) is 1.17. The van der Waals surface area contributed by atoms with Crippen molar-refractivity contribution < 1.29 is 14.3 Å². The highest BCUT2D eigenvalue weighted by molar-refractivity contribution is 9.10. The summed E-state index contributed by atoms with van der Waals surface area (Å²) in [6.07, 6.45) is -0.603. The number of carbonyl (C=O) groups is 1. The molecule has 2 N–H and O–H groups in total. The summed E-state index contributed by atoms with van der Waals surface area (Å²) >= 11 is 3.46. The van der Waals surface area contributed by atoms with Crippen molar-refractivity contribution in [1.29, 1.82) is 0 Å². The van der Waals surface area contributed by atoms with E-state index in [9.17, 15) is 4.79 Å². The Hall–Kier alpha value is -1.27. The summed E-state index contributed by atoms with van der Waals surface area (Å²) < 4.78 is 11.5. The second kappa shape index (κ2) is 6.06. The number of hydrogen-bond acceptors (Lipinski definition) is 4. The van der Waals surface area contributed by atoms with E-state index < -0.39 is 0 Å². The molecule has 1 atom stereocenters.